The Morgan fingerprint density at radius 2 is 1.88 bits per heavy atom. The minimum Gasteiger partial charge on any atom is -0.355 e. The predicted molar refractivity (Wildman–Crippen MR) is 95.5 cm³/mol. The fourth-order valence-corrected chi connectivity index (χ4v) is 3.64. The molecule has 1 heterocycles. The molecule has 3 N–H and O–H groups in total. The topological polar surface area (TPSA) is 94.8 Å². The van der Waals surface area contributed by atoms with Crippen molar-refractivity contribution in [3.05, 3.63) is 68.5 Å². The number of nitrogens with one attached hydrogen (secondary N) is 3. The Kier molecular flexibility index (Phi) is 5.48. The summed E-state index contributed by atoms with van der Waals surface area (Å²) < 4.78 is 0. The van der Waals surface area contributed by atoms with Crippen LogP contribution in [-0.2, 0) is 11.2 Å². The van der Waals surface area contributed by atoms with Crippen molar-refractivity contribution >= 4 is 5.91 Å². The third-order valence-electron chi connectivity index (χ3n) is 4.96. The first-order valence-electron chi connectivity index (χ1n) is 8.76. The smallest absolute Gasteiger partial charge is 0.325 e. The first-order valence-corrected chi connectivity index (χ1v) is 8.76. The van der Waals surface area contributed by atoms with Crippen molar-refractivity contribution in [1.82, 2.24) is 15.3 Å². The first kappa shape index (κ1) is 17.2. The third kappa shape index (κ3) is 4.47. The van der Waals surface area contributed by atoms with Crippen molar-refractivity contribution in [3.8, 4) is 0 Å². The number of rotatable bonds is 6. The first-order chi connectivity index (χ1) is 12.1. The fraction of sp³-hybridized carbons (Fsp3) is 0.421. The quantitative estimate of drug-likeness (QED) is 0.746. The number of amides is 1. The van der Waals surface area contributed by atoms with Crippen LogP contribution in [-0.4, -0.2) is 22.4 Å². The Morgan fingerprint density at radius 3 is 2.56 bits per heavy atom. The molecule has 0 saturated heterocycles. The lowest BCUT2D eigenvalue weighted by atomic mass is 9.85. The van der Waals surface area contributed by atoms with E-state index in [1.165, 1.54) is 37.4 Å². The zero-order valence-corrected chi connectivity index (χ0v) is 14.1. The average molecular weight is 341 g/mol. The zero-order valence-electron chi connectivity index (χ0n) is 14.1. The minimum absolute atomic E-state index is 0.0434. The standard InChI is InChI=1S/C19H23N3O3/c23-17(10-15-11-21-19(25)22-18(15)24)20-12-16(14-8-4-5-9-14)13-6-2-1-3-7-13/h1-3,6-7,11,14,16H,4-5,8-10,12H2,(H,20,23)(H2,21,22,24,25)/t16-/m0/s1. The summed E-state index contributed by atoms with van der Waals surface area (Å²) in [5.74, 6) is 0.664. The Labute approximate surface area is 145 Å². The third-order valence-corrected chi connectivity index (χ3v) is 4.96. The number of carbonyl (C=O) groups is 1. The molecule has 1 saturated carbocycles. The highest BCUT2D eigenvalue weighted by molar-refractivity contribution is 5.78. The second kappa shape index (κ2) is 7.96. The van der Waals surface area contributed by atoms with Crippen LogP contribution in [0.1, 0.15) is 42.7 Å². The Balaban J connectivity index is 1.65. The minimum atomic E-state index is -0.570. The molecule has 1 aromatic heterocycles. The maximum Gasteiger partial charge on any atom is 0.325 e. The largest absolute Gasteiger partial charge is 0.355 e. The monoisotopic (exact) mass is 341 g/mol. The van der Waals surface area contributed by atoms with E-state index in [0.717, 1.165) is 0 Å². The van der Waals surface area contributed by atoms with E-state index in [9.17, 15) is 14.4 Å². The number of hydrogen-bond acceptors (Lipinski definition) is 3. The molecule has 1 amide bonds. The number of benzene rings is 1. The van der Waals surface area contributed by atoms with E-state index in [4.69, 9.17) is 0 Å². The van der Waals surface area contributed by atoms with Gasteiger partial charge in [-0.15, -0.1) is 0 Å². The highest BCUT2D eigenvalue weighted by Crippen LogP contribution is 2.36. The van der Waals surface area contributed by atoms with E-state index >= 15 is 0 Å². The molecule has 2 aromatic rings. The van der Waals surface area contributed by atoms with Crippen LogP contribution in [0.4, 0.5) is 0 Å². The summed E-state index contributed by atoms with van der Waals surface area (Å²) in [6.07, 6.45) is 6.12. The summed E-state index contributed by atoms with van der Waals surface area (Å²) in [4.78, 5) is 39.5. The highest BCUT2D eigenvalue weighted by Gasteiger charge is 2.26. The van der Waals surface area contributed by atoms with Gasteiger partial charge in [0.2, 0.25) is 5.91 Å². The van der Waals surface area contributed by atoms with Gasteiger partial charge in [0.05, 0.1) is 6.42 Å². The van der Waals surface area contributed by atoms with Gasteiger partial charge in [-0.3, -0.25) is 14.6 Å². The molecule has 1 aliphatic carbocycles. The molecule has 0 bridgehead atoms. The lowest BCUT2D eigenvalue weighted by Gasteiger charge is -2.24. The molecule has 0 spiro atoms. The van der Waals surface area contributed by atoms with Gasteiger partial charge in [0.15, 0.2) is 0 Å². The Morgan fingerprint density at radius 1 is 1.16 bits per heavy atom. The summed E-state index contributed by atoms with van der Waals surface area (Å²) in [6, 6.07) is 10.3. The van der Waals surface area contributed by atoms with Crippen LogP contribution in [0.5, 0.6) is 0 Å². The van der Waals surface area contributed by atoms with Crippen molar-refractivity contribution in [2.24, 2.45) is 5.92 Å². The molecule has 1 aromatic carbocycles. The van der Waals surface area contributed by atoms with Gasteiger partial charge >= 0.3 is 5.69 Å². The molecule has 6 heteroatoms. The molecule has 25 heavy (non-hydrogen) atoms. The average Bonchev–Trinajstić information content (AvgIpc) is 3.13. The summed E-state index contributed by atoms with van der Waals surface area (Å²) in [7, 11) is 0. The second-order valence-corrected chi connectivity index (χ2v) is 6.64. The second-order valence-electron chi connectivity index (χ2n) is 6.64. The van der Waals surface area contributed by atoms with E-state index in [1.54, 1.807) is 0 Å². The molecule has 1 atom stereocenters. The maximum atomic E-state index is 12.2. The number of aromatic amines is 2. The molecule has 132 valence electrons. The Bertz CT molecular complexity index is 820. The van der Waals surface area contributed by atoms with Crippen molar-refractivity contribution in [3.63, 3.8) is 0 Å². The van der Waals surface area contributed by atoms with Gasteiger partial charge in [0.1, 0.15) is 0 Å². The number of carbonyl (C=O) groups excluding carboxylic acids is 1. The van der Waals surface area contributed by atoms with Gasteiger partial charge in [0, 0.05) is 24.2 Å². The van der Waals surface area contributed by atoms with Crippen LogP contribution in [0.2, 0.25) is 0 Å². The molecule has 1 fully saturated rings. The van der Waals surface area contributed by atoms with Crippen LogP contribution >= 0.6 is 0 Å². The van der Waals surface area contributed by atoms with Crippen LogP contribution in [0, 0.1) is 5.92 Å². The van der Waals surface area contributed by atoms with Crippen LogP contribution in [0.3, 0.4) is 0 Å². The highest BCUT2D eigenvalue weighted by atomic mass is 16.2. The fourth-order valence-electron chi connectivity index (χ4n) is 3.64. The zero-order chi connectivity index (χ0) is 17.6. The lowest BCUT2D eigenvalue weighted by molar-refractivity contribution is -0.120. The molecule has 0 aliphatic heterocycles. The number of H-pyrrole nitrogens is 2. The van der Waals surface area contributed by atoms with Crippen molar-refractivity contribution < 1.29 is 4.79 Å². The van der Waals surface area contributed by atoms with Crippen molar-refractivity contribution in [1.29, 1.82) is 0 Å². The van der Waals surface area contributed by atoms with E-state index in [-0.39, 0.29) is 17.9 Å². The Hall–Kier alpha value is -2.63. The summed E-state index contributed by atoms with van der Waals surface area (Å²) in [5.41, 5.74) is 0.416. The van der Waals surface area contributed by atoms with Gasteiger partial charge in [0.25, 0.3) is 5.56 Å². The van der Waals surface area contributed by atoms with Gasteiger partial charge in [-0.25, -0.2) is 4.79 Å². The lowest BCUT2D eigenvalue weighted by Crippen LogP contribution is -2.34. The molecule has 3 rings (SSSR count). The van der Waals surface area contributed by atoms with Gasteiger partial charge in [-0.1, -0.05) is 43.2 Å². The molecule has 6 nitrogen and oxygen atoms in total. The van der Waals surface area contributed by atoms with E-state index in [1.807, 2.05) is 18.2 Å². The SMILES string of the molecule is O=C(Cc1c[nH]c(=O)[nH]c1=O)NC[C@@H](c1ccccc1)C1CCCC1. The van der Waals surface area contributed by atoms with E-state index < -0.39 is 11.2 Å². The van der Waals surface area contributed by atoms with Crippen LogP contribution in [0.15, 0.2) is 46.1 Å². The maximum absolute atomic E-state index is 12.2. The molecule has 1 aliphatic rings. The number of aromatic nitrogens is 2. The van der Waals surface area contributed by atoms with Crippen molar-refractivity contribution in [2.75, 3.05) is 6.54 Å². The van der Waals surface area contributed by atoms with E-state index in [2.05, 4.69) is 27.4 Å². The molecule has 0 radical (unpaired) electrons. The molecule has 0 unspecified atom stereocenters. The van der Waals surface area contributed by atoms with Gasteiger partial charge < -0.3 is 10.3 Å². The summed E-state index contributed by atoms with van der Waals surface area (Å²) in [5, 5.41) is 2.96. The van der Waals surface area contributed by atoms with Crippen LogP contribution in [0.25, 0.3) is 0 Å². The van der Waals surface area contributed by atoms with Crippen LogP contribution < -0.4 is 16.6 Å². The van der Waals surface area contributed by atoms with Gasteiger partial charge in [-0.05, 0) is 24.3 Å². The number of hydrogen-bond donors (Lipinski definition) is 3. The predicted octanol–water partition coefficient (Wildman–Crippen LogP) is 1.70. The molecular formula is C19H23N3O3. The molecular weight excluding hydrogens is 318 g/mol. The normalized spacial score (nSPS) is 15.8. The van der Waals surface area contributed by atoms with E-state index in [0.29, 0.717) is 18.4 Å². The summed E-state index contributed by atoms with van der Waals surface area (Å²) in [6.45, 7) is 0.564. The van der Waals surface area contributed by atoms with Crippen molar-refractivity contribution in [2.45, 2.75) is 38.0 Å². The summed E-state index contributed by atoms with van der Waals surface area (Å²) >= 11 is 0. The van der Waals surface area contributed by atoms with Gasteiger partial charge in [-0.2, -0.15) is 0 Å².